The fourth-order valence-corrected chi connectivity index (χ4v) is 5.19. The Morgan fingerprint density at radius 2 is 2.21 bits per heavy atom. The van der Waals surface area contributed by atoms with Crippen molar-refractivity contribution in [2.75, 3.05) is 20.3 Å². The van der Waals surface area contributed by atoms with Gasteiger partial charge in [-0.25, -0.2) is 0 Å². The van der Waals surface area contributed by atoms with E-state index < -0.39 is 5.72 Å². The van der Waals surface area contributed by atoms with Gasteiger partial charge in [0.1, 0.15) is 11.4 Å². The molecule has 1 aromatic carbocycles. The second-order valence-electron chi connectivity index (χ2n) is 8.30. The summed E-state index contributed by atoms with van der Waals surface area (Å²) in [5.74, 6) is 1.06. The number of benzene rings is 1. The van der Waals surface area contributed by atoms with Crippen LogP contribution in [0, 0.1) is 5.92 Å². The predicted octanol–water partition coefficient (Wildman–Crippen LogP) is 2.37. The van der Waals surface area contributed by atoms with Crippen LogP contribution in [0.2, 0.25) is 0 Å². The van der Waals surface area contributed by atoms with Crippen molar-refractivity contribution < 1.29 is 19.1 Å². The van der Waals surface area contributed by atoms with Crippen molar-refractivity contribution >= 4 is 22.7 Å². The molecule has 0 bridgehead atoms. The summed E-state index contributed by atoms with van der Waals surface area (Å²) in [5, 5.41) is 0.878. The van der Waals surface area contributed by atoms with E-state index in [1.165, 1.54) is 0 Å². The molecule has 2 aromatic rings. The van der Waals surface area contributed by atoms with Crippen LogP contribution in [0.5, 0.6) is 5.75 Å². The number of aromatic nitrogens is 1. The Morgan fingerprint density at radius 3 is 2.96 bits per heavy atom. The molecule has 7 heteroatoms. The Morgan fingerprint density at radius 1 is 1.39 bits per heavy atom. The van der Waals surface area contributed by atoms with Crippen LogP contribution in [0.15, 0.2) is 24.3 Å². The van der Waals surface area contributed by atoms with E-state index in [0.29, 0.717) is 37.6 Å². The van der Waals surface area contributed by atoms with E-state index in [2.05, 4.69) is 18.8 Å². The van der Waals surface area contributed by atoms with Gasteiger partial charge in [-0.05, 0) is 24.1 Å². The number of amides is 2. The van der Waals surface area contributed by atoms with Gasteiger partial charge in [0.05, 0.1) is 32.2 Å². The molecule has 3 saturated heterocycles. The smallest absolute Gasteiger partial charge is 0.270 e. The summed E-state index contributed by atoms with van der Waals surface area (Å²) >= 11 is 0. The monoisotopic (exact) mass is 383 g/mol. The number of carbonyl (C=O) groups excluding carboxylic acids is 2. The van der Waals surface area contributed by atoms with E-state index in [-0.39, 0.29) is 23.9 Å². The number of ether oxygens (including phenoxy) is 2. The molecule has 148 valence electrons. The van der Waals surface area contributed by atoms with Crippen molar-refractivity contribution in [1.29, 1.82) is 0 Å². The number of hydrogen-bond acceptors (Lipinski definition) is 4. The minimum atomic E-state index is -0.647. The number of rotatable bonds is 3. The predicted molar refractivity (Wildman–Crippen MR) is 103 cm³/mol. The van der Waals surface area contributed by atoms with Crippen molar-refractivity contribution in [1.82, 2.24) is 14.8 Å². The molecule has 0 aliphatic carbocycles. The van der Waals surface area contributed by atoms with Crippen molar-refractivity contribution in [3.05, 3.63) is 30.0 Å². The van der Waals surface area contributed by atoms with Crippen molar-refractivity contribution in [2.24, 2.45) is 5.92 Å². The summed E-state index contributed by atoms with van der Waals surface area (Å²) < 4.78 is 11.6. The molecule has 3 aliphatic rings. The fourth-order valence-electron chi connectivity index (χ4n) is 5.19. The van der Waals surface area contributed by atoms with Gasteiger partial charge in [0.25, 0.3) is 5.91 Å². The van der Waals surface area contributed by atoms with Crippen LogP contribution in [-0.4, -0.2) is 64.7 Å². The molecule has 4 heterocycles. The van der Waals surface area contributed by atoms with Gasteiger partial charge in [0, 0.05) is 23.9 Å². The van der Waals surface area contributed by atoms with E-state index in [4.69, 9.17) is 9.47 Å². The topological polar surface area (TPSA) is 74.9 Å². The summed E-state index contributed by atoms with van der Waals surface area (Å²) in [6.07, 6.45) is 1.00. The molecule has 3 atom stereocenters. The normalized spacial score (nSPS) is 29.1. The lowest BCUT2D eigenvalue weighted by Gasteiger charge is -2.34. The molecular formula is C21H25N3O4. The first-order valence-electron chi connectivity index (χ1n) is 9.89. The Hall–Kier alpha value is -2.54. The average Bonchev–Trinajstić information content (AvgIpc) is 3.40. The van der Waals surface area contributed by atoms with Crippen LogP contribution in [0.3, 0.4) is 0 Å². The molecule has 0 saturated carbocycles. The van der Waals surface area contributed by atoms with Crippen LogP contribution in [0.25, 0.3) is 10.9 Å². The van der Waals surface area contributed by atoms with Crippen molar-refractivity contribution in [2.45, 2.75) is 44.5 Å². The molecule has 0 unspecified atom stereocenters. The van der Waals surface area contributed by atoms with E-state index >= 15 is 0 Å². The second kappa shape index (κ2) is 5.98. The highest BCUT2D eigenvalue weighted by atomic mass is 16.5. The van der Waals surface area contributed by atoms with E-state index in [0.717, 1.165) is 16.7 Å². The number of nitrogens with one attached hydrogen (secondary N) is 1. The van der Waals surface area contributed by atoms with Gasteiger partial charge in [-0.1, -0.05) is 19.9 Å². The van der Waals surface area contributed by atoms with Crippen LogP contribution in [0.1, 0.15) is 37.2 Å². The quantitative estimate of drug-likeness (QED) is 0.883. The van der Waals surface area contributed by atoms with Crippen molar-refractivity contribution in [3.8, 4) is 5.75 Å². The largest absolute Gasteiger partial charge is 0.496 e. The first kappa shape index (κ1) is 17.6. The minimum absolute atomic E-state index is 0.0879. The van der Waals surface area contributed by atoms with Gasteiger partial charge in [-0.3, -0.25) is 9.59 Å². The molecule has 3 fully saturated rings. The Bertz CT molecular complexity index is 968. The third-order valence-corrected chi connectivity index (χ3v) is 6.59. The maximum atomic E-state index is 13.3. The second-order valence-corrected chi connectivity index (χ2v) is 8.30. The number of aromatic amines is 1. The average molecular weight is 383 g/mol. The van der Waals surface area contributed by atoms with E-state index in [9.17, 15) is 9.59 Å². The Balaban J connectivity index is 1.47. The summed E-state index contributed by atoms with van der Waals surface area (Å²) in [5.41, 5.74) is 0.726. The summed E-state index contributed by atoms with van der Waals surface area (Å²) in [6.45, 7) is 5.36. The molecule has 0 radical (unpaired) electrons. The number of methoxy groups -OCH3 is 1. The lowest BCUT2D eigenvalue weighted by molar-refractivity contribution is -0.139. The third-order valence-electron chi connectivity index (χ3n) is 6.59. The standard InChI is InChI=1S/C21H25N3O4/c1-12(2)16-11-28-21-7-8-23(18(21)10-19(25)24(16)21)20(26)15-9-13-14(22-15)5-4-6-17(13)27-3/h4-6,9,12,16,18,22H,7-8,10-11H2,1-3H3/t16-,18+,21-/m0/s1. The Labute approximate surface area is 163 Å². The fraction of sp³-hybridized carbons (Fsp3) is 0.524. The lowest BCUT2D eigenvalue weighted by Crippen LogP contribution is -2.51. The summed E-state index contributed by atoms with van der Waals surface area (Å²) in [7, 11) is 1.62. The van der Waals surface area contributed by atoms with Gasteiger partial charge < -0.3 is 24.3 Å². The van der Waals surface area contributed by atoms with Gasteiger partial charge in [-0.15, -0.1) is 0 Å². The number of likely N-dealkylation sites (tertiary alicyclic amines) is 1. The minimum Gasteiger partial charge on any atom is -0.496 e. The van der Waals surface area contributed by atoms with Crippen LogP contribution in [-0.2, 0) is 9.53 Å². The third kappa shape index (κ3) is 2.19. The number of carbonyl (C=O) groups is 2. The first-order chi connectivity index (χ1) is 13.5. The molecule has 1 spiro atoms. The SMILES string of the molecule is COc1cccc2[nH]c(C(=O)N3CC[C@@]45OC[C@@H](C(C)C)N4C(=O)C[C@@H]35)cc12. The molecule has 1 aromatic heterocycles. The number of hydrogen-bond donors (Lipinski definition) is 1. The van der Waals surface area contributed by atoms with Gasteiger partial charge >= 0.3 is 0 Å². The van der Waals surface area contributed by atoms with E-state index in [1.807, 2.05) is 34.1 Å². The Kier molecular flexibility index (Phi) is 3.75. The lowest BCUT2D eigenvalue weighted by atomic mass is 10.0. The van der Waals surface area contributed by atoms with Gasteiger partial charge in [-0.2, -0.15) is 0 Å². The molecule has 7 nitrogen and oxygen atoms in total. The first-order valence-corrected chi connectivity index (χ1v) is 9.89. The molecule has 1 N–H and O–H groups in total. The number of fused-ring (bicyclic) bond motifs is 1. The van der Waals surface area contributed by atoms with Crippen LogP contribution in [0.4, 0.5) is 0 Å². The van der Waals surface area contributed by atoms with E-state index in [1.54, 1.807) is 7.11 Å². The highest BCUT2D eigenvalue weighted by Gasteiger charge is 2.65. The zero-order chi connectivity index (χ0) is 19.6. The van der Waals surface area contributed by atoms with Crippen LogP contribution >= 0.6 is 0 Å². The number of nitrogens with zero attached hydrogens (tertiary/aromatic N) is 2. The van der Waals surface area contributed by atoms with Crippen molar-refractivity contribution in [3.63, 3.8) is 0 Å². The molecule has 5 rings (SSSR count). The molecule has 3 aliphatic heterocycles. The molecule has 2 amide bonds. The maximum absolute atomic E-state index is 13.3. The zero-order valence-corrected chi connectivity index (χ0v) is 16.4. The zero-order valence-electron chi connectivity index (χ0n) is 16.4. The highest BCUT2D eigenvalue weighted by molar-refractivity contribution is 6.00. The summed E-state index contributed by atoms with van der Waals surface area (Å²) in [6, 6.07) is 7.38. The van der Waals surface area contributed by atoms with Crippen LogP contribution < -0.4 is 4.74 Å². The van der Waals surface area contributed by atoms with Gasteiger partial charge in [0.2, 0.25) is 5.91 Å². The maximum Gasteiger partial charge on any atom is 0.270 e. The molecule has 28 heavy (non-hydrogen) atoms. The number of H-pyrrole nitrogens is 1. The molecular weight excluding hydrogens is 358 g/mol. The highest BCUT2D eigenvalue weighted by Crippen LogP contribution is 2.49. The van der Waals surface area contributed by atoms with Gasteiger partial charge in [0.15, 0.2) is 5.72 Å². The summed E-state index contributed by atoms with van der Waals surface area (Å²) in [4.78, 5) is 33.1.